The van der Waals surface area contributed by atoms with Crippen LogP contribution < -0.4 is 4.74 Å². The van der Waals surface area contributed by atoms with Crippen molar-refractivity contribution in [3.05, 3.63) is 46.4 Å². The van der Waals surface area contributed by atoms with Crippen molar-refractivity contribution in [3.63, 3.8) is 0 Å². The number of thiocarbonyl (C=S) groups is 1. The molecular weight excluding hydrogens is 418 g/mol. The van der Waals surface area contributed by atoms with Crippen molar-refractivity contribution < 1.29 is 19.4 Å². The number of hydrogen-bond donors (Lipinski definition) is 1. The van der Waals surface area contributed by atoms with Crippen LogP contribution in [0.25, 0.3) is 6.08 Å². The molecule has 160 valence electrons. The number of benzene rings is 1. The normalized spacial score (nSPS) is 17.1. The van der Waals surface area contributed by atoms with E-state index in [1.807, 2.05) is 30.3 Å². The molecule has 0 spiro atoms. The Bertz CT molecular complexity index is 863. The second kappa shape index (κ2) is 11.3. The lowest BCUT2D eigenvalue weighted by Crippen LogP contribution is -2.29. The number of carbonyl (C=O) groups excluding carboxylic acids is 1. The summed E-state index contributed by atoms with van der Waals surface area (Å²) >= 11 is 6.78. The number of carbonyl (C=O) groups is 2. The molecule has 1 amide bonds. The van der Waals surface area contributed by atoms with E-state index in [-0.39, 0.29) is 12.3 Å². The number of carboxylic acid groups (broad SMARTS) is 1. The van der Waals surface area contributed by atoms with E-state index in [4.69, 9.17) is 22.1 Å². The van der Waals surface area contributed by atoms with Crippen LogP contribution >= 0.6 is 24.0 Å². The summed E-state index contributed by atoms with van der Waals surface area (Å²) in [5.41, 5.74) is 1.99. The van der Waals surface area contributed by atoms with E-state index < -0.39 is 5.97 Å². The van der Waals surface area contributed by atoms with E-state index in [0.717, 1.165) is 61.8 Å². The van der Waals surface area contributed by atoms with Crippen molar-refractivity contribution in [1.82, 2.24) is 4.90 Å². The highest BCUT2D eigenvalue weighted by Crippen LogP contribution is 2.34. The molecule has 2 aliphatic heterocycles. The third-order valence-corrected chi connectivity index (χ3v) is 6.49. The van der Waals surface area contributed by atoms with Gasteiger partial charge in [-0.1, -0.05) is 74.3 Å². The van der Waals surface area contributed by atoms with Gasteiger partial charge in [0.15, 0.2) is 0 Å². The summed E-state index contributed by atoms with van der Waals surface area (Å²) < 4.78 is 6.39. The first kappa shape index (κ1) is 22.6. The molecule has 1 aromatic carbocycles. The van der Waals surface area contributed by atoms with E-state index >= 15 is 0 Å². The number of hydrogen-bond acceptors (Lipinski definition) is 5. The number of amides is 1. The summed E-state index contributed by atoms with van der Waals surface area (Å²) in [6.07, 6.45) is 11.2. The van der Waals surface area contributed by atoms with Crippen molar-refractivity contribution in [1.29, 1.82) is 0 Å². The maximum absolute atomic E-state index is 12.8. The number of carboxylic acids is 1. The maximum Gasteiger partial charge on any atom is 0.303 e. The molecular formula is C23H27NO4S2. The van der Waals surface area contributed by atoms with Gasteiger partial charge in [0.2, 0.25) is 0 Å². The average Bonchev–Trinajstić information content (AvgIpc) is 2.99. The lowest BCUT2D eigenvalue weighted by atomic mass is 10.1. The Hall–Kier alpha value is -2.12. The van der Waals surface area contributed by atoms with E-state index in [9.17, 15) is 9.59 Å². The Balaban J connectivity index is 1.41. The molecule has 2 heterocycles. The van der Waals surface area contributed by atoms with E-state index in [1.54, 1.807) is 4.90 Å². The van der Waals surface area contributed by atoms with Crippen molar-refractivity contribution in [2.45, 2.75) is 51.4 Å². The largest absolute Gasteiger partial charge is 0.488 e. The smallest absolute Gasteiger partial charge is 0.303 e. The van der Waals surface area contributed by atoms with Gasteiger partial charge in [-0.2, -0.15) is 0 Å². The van der Waals surface area contributed by atoms with Crippen LogP contribution in [-0.2, 0) is 9.59 Å². The van der Waals surface area contributed by atoms with Gasteiger partial charge >= 0.3 is 5.97 Å². The molecule has 0 aliphatic carbocycles. The SMILES string of the molecule is O=C(O)CCCCCCCCCN1C(=O)/C(=C/C2=Cc3ccccc3OC2)SC1=S. The van der Waals surface area contributed by atoms with Gasteiger partial charge in [-0.25, -0.2) is 0 Å². The minimum atomic E-state index is -0.718. The van der Waals surface area contributed by atoms with Crippen LogP contribution in [0.3, 0.4) is 0 Å². The fraction of sp³-hybridized carbons (Fsp3) is 0.435. The molecule has 0 radical (unpaired) electrons. The quantitative estimate of drug-likeness (QED) is 0.279. The number of unbranched alkanes of at least 4 members (excludes halogenated alkanes) is 6. The predicted molar refractivity (Wildman–Crippen MR) is 124 cm³/mol. The third-order valence-electron chi connectivity index (χ3n) is 5.12. The molecule has 1 aromatic rings. The minimum absolute atomic E-state index is 0.0153. The highest BCUT2D eigenvalue weighted by atomic mass is 32.2. The number of fused-ring (bicyclic) bond motifs is 1. The summed E-state index contributed by atoms with van der Waals surface area (Å²) in [6.45, 7) is 1.10. The van der Waals surface area contributed by atoms with Gasteiger partial charge in [0.1, 0.15) is 16.7 Å². The van der Waals surface area contributed by atoms with Gasteiger partial charge < -0.3 is 9.84 Å². The Morgan fingerprint density at radius 3 is 2.60 bits per heavy atom. The van der Waals surface area contributed by atoms with Crippen LogP contribution in [0.4, 0.5) is 0 Å². The number of thioether (sulfide) groups is 1. The molecule has 7 heteroatoms. The molecule has 1 N–H and O–H groups in total. The zero-order chi connectivity index (χ0) is 21.3. The van der Waals surface area contributed by atoms with Gasteiger partial charge in [0, 0.05) is 18.5 Å². The first-order chi connectivity index (χ1) is 14.5. The first-order valence-corrected chi connectivity index (χ1v) is 11.7. The molecule has 30 heavy (non-hydrogen) atoms. The summed E-state index contributed by atoms with van der Waals surface area (Å²) in [4.78, 5) is 25.6. The Morgan fingerprint density at radius 1 is 1.13 bits per heavy atom. The number of rotatable bonds is 11. The first-order valence-electron chi connectivity index (χ1n) is 10.4. The summed E-state index contributed by atoms with van der Waals surface area (Å²) in [5.74, 6) is 0.132. The Morgan fingerprint density at radius 2 is 1.83 bits per heavy atom. The lowest BCUT2D eigenvalue weighted by molar-refractivity contribution is -0.137. The van der Waals surface area contributed by atoms with Gasteiger partial charge in [-0.05, 0) is 36.6 Å². The van der Waals surface area contributed by atoms with Crippen molar-refractivity contribution in [2.75, 3.05) is 13.2 Å². The van der Waals surface area contributed by atoms with E-state index in [0.29, 0.717) is 22.4 Å². The van der Waals surface area contributed by atoms with Crippen LogP contribution in [0, 0.1) is 0 Å². The molecule has 1 fully saturated rings. The highest BCUT2D eigenvalue weighted by molar-refractivity contribution is 8.26. The van der Waals surface area contributed by atoms with Gasteiger partial charge in [-0.3, -0.25) is 14.5 Å². The fourth-order valence-electron chi connectivity index (χ4n) is 3.51. The van der Waals surface area contributed by atoms with Crippen molar-refractivity contribution >= 4 is 46.3 Å². The van der Waals surface area contributed by atoms with Crippen molar-refractivity contribution in [2.24, 2.45) is 0 Å². The van der Waals surface area contributed by atoms with Crippen molar-refractivity contribution in [3.8, 4) is 5.75 Å². The summed E-state index contributed by atoms with van der Waals surface area (Å²) in [6, 6.07) is 7.86. The number of para-hydroxylation sites is 1. The van der Waals surface area contributed by atoms with Gasteiger partial charge in [-0.15, -0.1) is 0 Å². The fourth-order valence-corrected chi connectivity index (χ4v) is 4.83. The highest BCUT2D eigenvalue weighted by Gasteiger charge is 2.31. The number of aliphatic carboxylic acids is 1. The monoisotopic (exact) mass is 445 g/mol. The van der Waals surface area contributed by atoms with Crippen LogP contribution in [0.15, 0.2) is 40.8 Å². The molecule has 2 aliphatic rings. The second-order valence-electron chi connectivity index (χ2n) is 7.50. The lowest BCUT2D eigenvalue weighted by Gasteiger charge is -2.16. The molecule has 0 aromatic heterocycles. The van der Waals surface area contributed by atoms with Gasteiger partial charge in [0.25, 0.3) is 5.91 Å². The minimum Gasteiger partial charge on any atom is -0.488 e. The van der Waals surface area contributed by atoms with Crippen LogP contribution in [-0.4, -0.2) is 39.4 Å². The topological polar surface area (TPSA) is 66.8 Å². The number of nitrogens with zero attached hydrogens (tertiary/aromatic N) is 1. The summed E-state index contributed by atoms with van der Waals surface area (Å²) in [5, 5.41) is 8.62. The third kappa shape index (κ3) is 6.44. The zero-order valence-corrected chi connectivity index (χ0v) is 18.6. The molecule has 0 unspecified atom stereocenters. The molecule has 5 nitrogen and oxygen atoms in total. The number of ether oxygens (including phenoxy) is 1. The Kier molecular flexibility index (Phi) is 8.51. The summed E-state index contributed by atoms with van der Waals surface area (Å²) in [7, 11) is 0. The maximum atomic E-state index is 12.8. The molecule has 0 atom stereocenters. The van der Waals surface area contributed by atoms with Crippen LogP contribution in [0.2, 0.25) is 0 Å². The predicted octanol–water partition coefficient (Wildman–Crippen LogP) is 5.41. The van der Waals surface area contributed by atoms with Gasteiger partial charge in [0.05, 0.1) is 4.91 Å². The zero-order valence-electron chi connectivity index (χ0n) is 17.0. The standard InChI is InChI=1S/C23H27NO4S2/c25-21(26)12-6-4-2-1-3-5-9-13-24-22(27)20(30-23(24)29)15-17-14-18-10-7-8-11-19(18)28-16-17/h7-8,10-11,14-15H,1-6,9,12-13,16H2,(H,25,26)/b20-15-. The molecule has 3 rings (SSSR count). The van der Waals surface area contributed by atoms with Crippen LogP contribution in [0.1, 0.15) is 56.9 Å². The molecule has 1 saturated heterocycles. The molecule has 0 saturated carbocycles. The Labute approximate surface area is 187 Å². The molecule has 0 bridgehead atoms. The average molecular weight is 446 g/mol. The van der Waals surface area contributed by atoms with E-state index in [1.165, 1.54) is 11.8 Å². The van der Waals surface area contributed by atoms with Crippen LogP contribution in [0.5, 0.6) is 5.75 Å². The van der Waals surface area contributed by atoms with E-state index in [2.05, 4.69) is 6.08 Å². The second-order valence-corrected chi connectivity index (χ2v) is 9.17.